The van der Waals surface area contributed by atoms with E-state index in [1.165, 1.54) is 6.07 Å². The summed E-state index contributed by atoms with van der Waals surface area (Å²) in [6.45, 7) is 0.587. The minimum absolute atomic E-state index is 0.122. The number of anilines is 1. The maximum absolute atomic E-state index is 14.1. The van der Waals surface area contributed by atoms with E-state index >= 15 is 0 Å². The van der Waals surface area contributed by atoms with Crippen LogP contribution in [0.3, 0.4) is 0 Å². The number of benzene rings is 2. The fourth-order valence-corrected chi connectivity index (χ4v) is 3.64. The van der Waals surface area contributed by atoms with Gasteiger partial charge in [-0.15, -0.1) is 0 Å². The molecule has 4 heteroatoms. The molecule has 0 saturated heterocycles. The second-order valence-corrected chi connectivity index (χ2v) is 5.64. The van der Waals surface area contributed by atoms with Crippen molar-refractivity contribution in [2.75, 3.05) is 11.4 Å². The summed E-state index contributed by atoms with van der Waals surface area (Å²) in [5.74, 6) is 0.390. The van der Waals surface area contributed by atoms with Gasteiger partial charge in [0.2, 0.25) is 0 Å². The minimum atomic E-state index is -0.330. The summed E-state index contributed by atoms with van der Waals surface area (Å²) >= 11 is 0. The lowest BCUT2D eigenvalue weighted by Gasteiger charge is -2.37. The number of hydrogen-bond acceptors (Lipinski definition) is 3. The van der Waals surface area contributed by atoms with Crippen LogP contribution in [0.4, 0.5) is 10.1 Å². The number of halogens is 1. The molecule has 1 aliphatic carbocycles. The van der Waals surface area contributed by atoms with E-state index < -0.39 is 0 Å². The number of rotatable bonds is 1. The molecule has 106 valence electrons. The van der Waals surface area contributed by atoms with E-state index in [0.717, 1.165) is 29.7 Å². The molecular formula is C17H16FN3. The van der Waals surface area contributed by atoms with Crippen LogP contribution in [0.5, 0.6) is 0 Å². The van der Waals surface area contributed by atoms with Gasteiger partial charge in [-0.2, -0.15) is 0 Å². The number of guanidine groups is 1. The van der Waals surface area contributed by atoms with Crippen LogP contribution in [0.2, 0.25) is 0 Å². The van der Waals surface area contributed by atoms with Gasteiger partial charge in [-0.3, -0.25) is 4.99 Å². The standard InChI is InChI=1S/C17H16FN3/c18-15-8-4-7-14-13(15)9-10-17(14)11-20-16(19)21(17)12-5-2-1-3-6-12/h1-8H,9-11H2,(H2,19,20). The maximum atomic E-state index is 14.1. The third kappa shape index (κ3) is 1.62. The summed E-state index contributed by atoms with van der Waals surface area (Å²) in [6.07, 6.45) is 1.57. The number of aliphatic imine (C=N–C) groups is 1. The molecule has 21 heavy (non-hydrogen) atoms. The SMILES string of the molecule is NC1=NCC2(CCc3c(F)cccc32)N1c1ccccc1. The van der Waals surface area contributed by atoms with Gasteiger partial charge in [0.1, 0.15) is 5.82 Å². The Balaban J connectivity index is 1.89. The van der Waals surface area contributed by atoms with Crippen LogP contribution < -0.4 is 10.6 Å². The average molecular weight is 281 g/mol. The summed E-state index contributed by atoms with van der Waals surface area (Å²) < 4.78 is 14.1. The molecule has 0 bridgehead atoms. The van der Waals surface area contributed by atoms with E-state index in [1.807, 2.05) is 36.4 Å². The molecule has 2 aromatic rings. The third-order valence-corrected chi connectivity index (χ3v) is 4.58. The van der Waals surface area contributed by atoms with Gasteiger partial charge >= 0.3 is 0 Å². The first-order valence-electron chi connectivity index (χ1n) is 7.15. The first-order valence-corrected chi connectivity index (χ1v) is 7.15. The summed E-state index contributed by atoms with van der Waals surface area (Å²) in [5.41, 5.74) is 8.65. The Kier molecular flexibility index (Phi) is 2.55. The molecule has 0 radical (unpaired) electrons. The van der Waals surface area contributed by atoms with Crippen LogP contribution in [-0.4, -0.2) is 12.5 Å². The Morgan fingerprint density at radius 2 is 1.90 bits per heavy atom. The van der Waals surface area contributed by atoms with Crippen LogP contribution in [0.15, 0.2) is 53.5 Å². The monoisotopic (exact) mass is 281 g/mol. The van der Waals surface area contributed by atoms with Gasteiger partial charge in [0.15, 0.2) is 5.96 Å². The number of nitrogens with zero attached hydrogens (tertiary/aromatic N) is 2. The van der Waals surface area contributed by atoms with Crippen molar-refractivity contribution < 1.29 is 4.39 Å². The molecule has 1 unspecified atom stereocenters. The van der Waals surface area contributed by atoms with Crippen LogP contribution in [0, 0.1) is 5.82 Å². The highest BCUT2D eigenvalue weighted by Crippen LogP contribution is 2.46. The summed E-state index contributed by atoms with van der Waals surface area (Å²) in [5, 5.41) is 0. The molecular weight excluding hydrogens is 265 g/mol. The van der Waals surface area contributed by atoms with E-state index in [4.69, 9.17) is 5.73 Å². The fraction of sp³-hybridized carbons (Fsp3) is 0.235. The molecule has 1 atom stereocenters. The second kappa shape index (κ2) is 4.32. The number of hydrogen-bond donors (Lipinski definition) is 1. The van der Waals surface area contributed by atoms with Gasteiger partial charge in [0, 0.05) is 5.69 Å². The van der Waals surface area contributed by atoms with Gasteiger partial charge in [-0.25, -0.2) is 4.39 Å². The average Bonchev–Trinajstić information content (AvgIpc) is 3.04. The Morgan fingerprint density at radius 3 is 2.71 bits per heavy atom. The largest absolute Gasteiger partial charge is 0.369 e. The molecule has 2 aliphatic rings. The van der Waals surface area contributed by atoms with Crippen LogP contribution in [0.25, 0.3) is 0 Å². The number of fused-ring (bicyclic) bond motifs is 2. The van der Waals surface area contributed by atoms with Crippen LogP contribution in [-0.2, 0) is 12.0 Å². The number of nitrogens with two attached hydrogens (primary N) is 1. The highest BCUT2D eigenvalue weighted by atomic mass is 19.1. The minimum Gasteiger partial charge on any atom is -0.369 e. The molecule has 1 spiro atoms. The molecule has 2 N–H and O–H groups in total. The number of para-hydroxylation sites is 1. The lowest BCUT2D eigenvalue weighted by Crippen LogP contribution is -2.48. The molecule has 4 rings (SSSR count). The van der Waals surface area contributed by atoms with Crippen molar-refractivity contribution in [2.45, 2.75) is 18.4 Å². The van der Waals surface area contributed by atoms with Crippen molar-refractivity contribution in [3.63, 3.8) is 0 Å². The van der Waals surface area contributed by atoms with E-state index in [-0.39, 0.29) is 11.4 Å². The molecule has 0 fully saturated rings. The van der Waals surface area contributed by atoms with Crippen molar-refractivity contribution >= 4 is 11.6 Å². The molecule has 0 saturated carbocycles. The molecule has 2 aromatic carbocycles. The van der Waals surface area contributed by atoms with Crippen molar-refractivity contribution in [3.05, 3.63) is 65.5 Å². The Morgan fingerprint density at radius 1 is 1.10 bits per heavy atom. The highest BCUT2D eigenvalue weighted by molar-refractivity contribution is 5.98. The van der Waals surface area contributed by atoms with Gasteiger partial charge in [-0.05, 0) is 42.2 Å². The van der Waals surface area contributed by atoms with Gasteiger partial charge < -0.3 is 10.6 Å². The Bertz CT molecular complexity index is 726. The maximum Gasteiger partial charge on any atom is 0.196 e. The molecule has 1 aliphatic heterocycles. The summed E-state index contributed by atoms with van der Waals surface area (Å²) in [4.78, 5) is 6.52. The third-order valence-electron chi connectivity index (χ3n) is 4.58. The quantitative estimate of drug-likeness (QED) is 0.873. The van der Waals surface area contributed by atoms with E-state index in [2.05, 4.69) is 9.89 Å². The highest BCUT2D eigenvalue weighted by Gasteiger charge is 2.49. The van der Waals surface area contributed by atoms with E-state index in [1.54, 1.807) is 6.07 Å². The van der Waals surface area contributed by atoms with Crippen molar-refractivity contribution in [2.24, 2.45) is 10.7 Å². The fourth-order valence-electron chi connectivity index (χ4n) is 3.64. The van der Waals surface area contributed by atoms with E-state index in [0.29, 0.717) is 12.5 Å². The lowest BCUT2D eigenvalue weighted by atomic mass is 9.90. The molecule has 1 heterocycles. The van der Waals surface area contributed by atoms with Gasteiger partial charge in [-0.1, -0.05) is 30.3 Å². The molecule has 3 nitrogen and oxygen atoms in total. The molecule has 0 amide bonds. The Labute approximate surface area is 122 Å². The lowest BCUT2D eigenvalue weighted by molar-refractivity contribution is 0.476. The second-order valence-electron chi connectivity index (χ2n) is 5.64. The van der Waals surface area contributed by atoms with E-state index in [9.17, 15) is 4.39 Å². The summed E-state index contributed by atoms with van der Waals surface area (Å²) in [7, 11) is 0. The Hall–Kier alpha value is -2.36. The van der Waals surface area contributed by atoms with Crippen molar-refractivity contribution in [3.8, 4) is 0 Å². The predicted octanol–water partition coefficient (Wildman–Crippen LogP) is 2.80. The van der Waals surface area contributed by atoms with Gasteiger partial charge in [0.25, 0.3) is 0 Å². The first-order chi connectivity index (χ1) is 10.2. The topological polar surface area (TPSA) is 41.6 Å². The predicted molar refractivity (Wildman–Crippen MR) is 81.8 cm³/mol. The zero-order valence-corrected chi connectivity index (χ0v) is 11.6. The van der Waals surface area contributed by atoms with Crippen LogP contribution in [0.1, 0.15) is 17.5 Å². The van der Waals surface area contributed by atoms with Crippen LogP contribution >= 0.6 is 0 Å². The van der Waals surface area contributed by atoms with Crippen molar-refractivity contribution in [1.82, 2.24) is 0 Å². The first kappa shape index (κ1) is 12.4. The zero-order valence-electron chi connectivity index (χ0n) is 11.6. The van der Waals surface area contributed by atoms with Gasteiger partial charge in [0.05, 0.1) is 12.1 Å². The normalized spacial score (nSPS) is 23.5. The smallest absolute Gasteiger partial charge is 0.196 e. The summed E-state index contributed by atoms with van der Waals surface area (Å²) in [6, 6.07) is 15.3. The van der Waals surface area contributed by atoms with Crippen molar-refractivity contribution in [1.29, 1.82) is 0 Å². The zero-order chi connectivity index (χ0) is 14.4. The molecule has 0 aromatic heterocycles.